The van der Waals surface area contributed by atoms with Gasteiger partial charge in [-0.2, -0.15) is 13.2 Å². The van der Waals surface area contributed by atoms with E-state index >= 15 is 0 Å². The Hall–Kier alpha value is -3.28. The van der Waals surface area contributed by atoms with E-state index < -0.39 is 21.7 Å². The lowest BCUT2D eigenvalue weighted by Crippen LogP contribution is -2.33. The second-order valence-corrected chi connectivity index (χ2v) is 8.96. The molecule has 31 heavy (non-hydrogen) atoms. The summed E-state index contributed by atoms with van der Waals surface area (Å²) in [6.07, 6.45) is 1.09. The van der Waals surface area contributed by atoms with Gasteiger partial charge in [0.2, 0.25) is 0 Å². The van der Waals surface area contributed by atoms with Gasteiger partial charge in [0.05, 0.1) is 24.1 Å². The highest BCUT2D eigenvalue weighted by molar-refractivity contribution is 7.90. The second kappa shape index (κ2) is 7.76. The normalized spacial score (nSPS) is 14.3. The van der Waals surface area contributed by atoms with E-state index in [0.29, 0.717) is 42.5 Å². The first-order chi connectivity index (χ1) is 14.6. The van der Waals surface area contributed by atoms with Crippen LogP contribution >= 0.6 is 0 Å². The lowest BCUT2D eigenvalue weighted by Gasteiger charge is -2.30. The number of nitrogens with zero attached hydrogens (tertiary/aromatic N) is 5. The highest BCUT2D eigenvalue weighted by Gasteiger charge is 2.32. The molecule has 0 atom stereocenters. The van der Waals surface area contributed by atoms with Crippen LogP contribution in [0.25, 0.3) is 0 Å². The molecule has 0 aliphatic carbocycles. The molecule has 0 spiro atoms. The van der Waals surface area contributed by atoms with Crippen LogP contribution < -0.4 is 10.2 Å². The Morgan fingerprint density at radius 3 is 2.58 bits per heavy atom. The summed E-state index contributed by atoms with van der Waals surface area (Å²) < 4.78 is 62.3. The predicted molar refractivity (Wildman–Crippen MR) is 107 cm³/mol. The number of fused-ring (bicyclic) bond motifs is 1. The Bertz CT molecular complexity index is 1220. The zero-order valence-corrected chi connectivity index (χ0v) is 17.1. The van der Waals surface area contributed by atoms with Crippen molar-refractivity contribution in [3.8, 4) is 0 Å². The maximum absolute atomic E-state index is 12.7. The molecule has 12 heteroatoms. The summed E-state index contributed by atoms with van der Waals surface area (Å²) in [6.45, 7) is 0.789. The fourth-order valence-electron chi connectivity index (χ4n) is 3.32. The Morgan fingerprint density at radius 2 is 1.90 bits per heavy atom. The van der Waals surface area contributed by atoms with Crippen molar-refractivity contribution in [1.29, 1.82) is 0 Å². The van der Waals surface area contributed by atoms with E-state index in [1.165, 1.54) is 24.7 Å². The fourth-order valence-corrected chi connectivity index (χ4v) is 4.16. The number of rotatable bonds is 4. The summed E-state index contributed by atoms with van der Waals surface area (Å²) in [6, 6.07) is 5.26. The number of sulfone groups is 1. The summed E-state index contributed by atoms with van der Waals surface area (Å²) in [5.74, 6) is 0.825. The van der Waals surface area contributed by atoms with Crippen molar-refractivity contribution in [2.24, 2.45) is 0 Å². The number of hydrogen-bond acceptors (Lipinski definition) is 8. The Balaban J connectivity index is 1.59. The highest BCUT2D eigenvalue weighted by atomic mass is 32.2. The Labute approximate surface area is 176 Å². The molecule has 0 bridgehead atoms. The van der Waals surface area contributed by atoms with Gasteiger partial charge in [-0.15, -0.1) is 0 Å². The van der Waals surface area contributed by atoms with Gasteiger partial charge in [-0.25, -0.2) is 28.4 Å². The third kappa shape index (κ3) is 4.43. The quantitative estimate of drug-likeness (QED) is 0.648. The Morgan fingerprint density at radius 1 is 1.10 bits per heavy atom. The third-order valence-electron chi connectivity index (χ3n) is 4.77. The summed E-state index contributed by atoms with van der Waals surface area (Å²) in [5, 5.41) is 2.99. The van der Waals surface area contributed by atoms with Crippen molar-refractivity contribution >= 4 is 27.2 Å². The van der Waals surface area contributed by atoms with Gasteiger partial charge < -0.3 is 10.2 Å². The minimum absolute atomic E-state index is 0.140. The highest BCUT2D eigenvalue weighted by Crippen LogP contribution is 2.31. The number of halogens is 3. The van der Waals surface area contributed by atoms with Crippen LogP contribution in [0.15, 0.2) is 47.9 Å². The first-order valence-corrected chi connectivity index (χ1v) is 11.0. The van der Waals surface area contributed by atoms with Crippen molar-refractivity contribution < 1.29 is 21.6 Å². The number of nitrogens with one attached hydrogen (secondary N) is 1. The van der Waals surface area contributed by atoms with Crippen LogP contribution in [0.4, 0.5) is 30.5 Å². The lowest BCUT2D eigenvalue weighted by molar-refractivity contribution is -0.141. The van der Waals surface area contributed by atoms with Crippen LogP contribution in [0.2, 0.25) is 0 Å². The van der Waals surface area contributed by atoms with Crippen LogP contribution in [-0.2, 0) is 29.0 Å². The minimum Gasteiger partial charge on any atom is -0.349 e. The molecule has 1 aliphatic heterocycles. The summed E-state index contributed by atoms with van der Waals surface area (Å²) in [4.78, 5) is 18.2. The average molecular weight is 450 g/mol. The molecule has 0 saturated carbocycles. The molecular formula is C19H17F3N6O2S. The zero-order chi connectivity index (χ0) is 22.2. The number of aromatic nitrogens is 4. The van der Waals surface area contributed by atoms with E-state index in [1.54, 1.807) is 6.07 Å². The number of anilines is 3. The van der Waals surface area contributed by atoms with Gasteiger partial charge in [-0.05, 0) is 30.7 Å². The molecule has 0 saturated heterocycles. The molecule has 0 fully saturated rings. The van der Waals surface area contributed by atoms with E-state index in [0.717, 1.165) is 24.1 Å². The molecule has 3 aromatic rings. The molecule has 0 amide bonds. The van der Waals surface area contributed by atoms with E-state index in [9.17, 15) is 21.6 Å². The zero-order valence-electron chi connectivity index (χ0n) is 16.3. The Kier molecular flexibility index (Phi) is 5.25. The van der Waals surface area contributed by atoms with Crippen LogP contribution in [0.3, 0.4) is 0 Å². The van der Waals surface area contributed by atoms with Gasteiger partial charge >= 0.3 is 6.18 Å². The average Bonchev–Trinajstić information content (AvgIpc) is 2.73. The molecule has 8 nitrogen and oxygen atoms in total. The van der Waals surface area contributed by atoms with Crippen molar-refractivity contribution in [3.05, 3.63) is 59.9 Å². The molecule has 3 aromatic heterocycles. The molecule has 1 N–H and O–H groups in total. The topological polar surface area (TPSA) is 101 Å². The second-order valence-electron chi connectivity index (χ2n) is 6.97. The minimum atomic E-state index is -4.51. The first-order valence-electron chi connectivity index (χ1n) is 9.16. The fraction of sp³-hybridized carbons (Fsp3) is 0.263. The molecule has 4 heterocycles. The molecule has 0 aromatic carbocycles. The maximum atomic E-state index is 12.7. The van der Waals surface area contributed by atoms with E-state index in [-0.39, 0.29) is 4.90 Å². The number of pyridine rings is 2. The van der Waals surface area contributed by atoms with Crippen molar-refractivity contribution in [3.63, 3.8) is 0 Å². The SMILES string of the molecule is CS(=O)(=O)c1cccnc1N1CCc2c(ncnc2Nc2ccc(C(F)(F)F)nc2)C1. The van der Waals surface area contributed by atoms with Crippen LogP contribution in [0.1, 0.15) is 17.0 Å². The smallest absolute Gasteiger partial charge is 0.349 e. The van der Waals surface area contributed by atoms with E-state index in [2.05, 4.69) is 25.3 Å². The molecule has 162 valence electrons. The summed E-state index contributed by atoms with van der Waals surface area (Å²) in [5.41, 5.74) is 0.861. The lowest BCUT2D eigenvalue weighted by atomic mass is 10.1. The van der Waals surface area contributed by atoms with Gasteiger partial charge in [-0.1, -0.05) is 0 Å². The monoisotopic (exact) mass is 450 g/mol. The van der Waals surface area contributed by atoms with Crippen molar-refractivity contribution in [1.82, 2.24) is 19.9 Å². The van der Waals surface area contributed by atoms with Gasteiger partial charge in [0, 0.05) is 24.6 Å². The molecule has 0 unspecified atom stereocenters. The summed E-state index contributed by atoms with van der Waals surface area (Å²) in [7, 11) is -3.46. The van der Waals surface area contributed by atoms with Crippen LogP contribution in [-0.4, -0.2) is 41.2 Å². The maximum Gasteiger partial charge on any atom is 0.433 e. The van der Waals surface area contributed by atoms with Gasteiger partial charge in [-0.3, -0.25) is 0 Å². The largest absolute Gasteiger partial charge is 0.433 e. The number of alkyl halides is 3. The van der Waals surface area contributed by atoms with Crippen molar-refractivity contribution in [2.45, 2.75) is 24.0 Å². The van der Waals surface area contributed by atoms with E-state index in [4.69, 9.17) is 0 Å². The van der Waals surface area contributed by atoms with Gasteiger partial charge in [0.1, 0.15) is 28.6 Å². The molecular weight excluding hydrogens is 433 g/mol. The predicted octanol–water partition coefficient (Wildman–Crippen LogP) is 3.00. The summed E-state index contributed by atoms with van der Waals surface area (Å²) >= 11 is 0. The van der Waals surface area contributed by atoms with E-state index in [1.807, 2.05) is 4.90 Å². The van der Waals surface area contributed by atoms with Gasteiger partial charge in [0.15, 0.2) is 9.84 Å². The van der Waals surface area contributed by atoms with Crippen molar-refractivity contribution in [2.75, 3.05) is 23.0 Å². The standard InChI is InChI=1S/C19H17F3N6O2S/c1-31(29,30)15-3-2-7-23-18(15)28-8-6-13-14(10-28)25-11-26-17(13)27-12-4-5-16(24-9-12)19(20,21)22/h2-5,7,9,11H,6,8,10H2,1H3,(H,25,26,27). The number of hydrogen-bond donors (Lipinski definition) is 1. The molecule has 0 radical (unpaired) electrons. The van der Waals surface area contributed by atoms with Gasteiger partial charge in [0.25, 0.3) is 0 Å². The molecule has 4 rings (SSSR count). The molecule has 1 aliphatic rings. The first kappa shape index (κ1) is 21.0. The third-order valence-corrected chi connectivity index (χ3v) is 5.89. The van der Waals surface area contributed by atoms with Crippen LogP contribution in [0.5, 0.6) is 0 Å². The van der Waals surface area contributed by atoms with Crippen LogP contribution in [0, 0.1) is 0 Å².